The lowest BCUT2D eigenvalue weighted by Gasteiger charge is -2.30. The van der Waals surface area contributed by atoms with E-state index in [1.807, 2.05) is 31.2 Å². The molecule has 2 N–H and O–H groups in total. The molecule has 2 unspecified atom stereocenters. The van der Waals surface area contributed by atoms with Gasteiger partial charge in [-0.15, -0.1) is 0 Å². The monoisotopic (exact) mass is 508 g/mol. The Morgan fingerprint density at radius 1 is 1.22 bits per heavy atom. The molecule has 5 aliphatic rings. The number of benzene rings is 1. The number of alkyl halides is 2. The minimum atomic E-state index is -2.78. The fourth-order valence-corrected chi connectivity index (χ4v) is 6.08. The molecule has 3 fully saturated rings. The van der Waals surface area contributed by atoms with E-state index < -0.39 is 30.4 Å². The number of nitrogens with zero attached hydrogens (tertiary/aromatic N) is 4. The fourth-order valence-electron chi connectivity index (χ4n) is 6.08. The average Bonchev–Trinajstić information content (AvgIpc) is 3.27. The first kappa shape index (κ1) is 22.7. The summed E-state index contributed by atoms with van der Waals surface area (Å²) in [7, 11) is 0. The summed E-state index contributed by atoms with van der Waals surface area (Å²) in [5, 5.41) is 2.07. The smallest absolute Gasteiger partial charge is 0.266 e. The molecule has 1 aromatic heterocycles. The SMILES string of the molecule is CC1=C2C(NN1C1CC1)C(=O)N(c1ccc3nc[nH]c3c1)C2C1=C(F)C=C(N2CCC(F)(F)C2)C=CC1. The number of hydrazine groups is 1. The predicted molar refractivity (Wildman–Crippen MR) is 133 cm³/mol. The fraction of sp³-hybridized carbons (Fsp3) is 0.407. The molecule has 3 aliphatic heterocycles. The number of carbonyl (C=O) groups excluding carboxylic acids is 1. The van der Waals surface area contributed by atoms with Crippen molar-refractivity contribution >= 4 is 22.6 Å². The second-order valence-electron chi connectivity index (χ2n) is 10.5. The standard InChI is InChI=1S/C27H27F3N6O/c1-15-23-24(33-36(15)16-5-6-16)26(37)35(18-7-8-21-22(12-18)32-14-31-21)25(23)19-4-2-3-17(11-20(19)28)34-10-9-27(29,30)13-34/h2-3,7-8,11-12,14,16,24-25,33H,4-6,9-10,13H2,1H3,(H,31,32). The summed E-state index contributed by atoms with van der Waals surface area (Å²) in [5.74, 6) is -3.40. The lowest BCUT2D eigenvalue weighted by Crippen LogP contribution is -2.45. The highest BCUT2D eigenvalue weighted by atomic mass is 19.3. The van der Waals surface area contributed by atoms with Crippen LogP contribution in [0.2, 0.25) is 0 Å². The van der Waals surface area contributed by atoms with E-state index in [9.17, 15) is 13.6 Å². The molecule has 2 saturated heterocycles. The molecular weight excluding hydrogens is 481 g/mol. The van der Waals surface area contributed by atoms with E-state index >= 15 is 4.39 Å². The number of imidazole rings is 1. The summed E-state index contributed by atoms with van der Waals surface area (Å²) in [4.78, 5) is 24.5. The Bertz CT molecular complexity index is 1430. The molecule has 2 aromatic rings. The van der Waals surface area contributed by atoms with E-state index in [0.29, 0.717) is 23.0 Å². The molecule has 2 atom stereocenters. The van der Waals surface area contributed by atoms with Crippen LogP contribution in [0.15, 0.2) is 71.1 Å². The van der Waals surface area contributed by atoms with Gasteiger partial charge in [-0.1, -0.05) is 6.08 Å². The van der Waals surface area contributed by atoms with Crippen LogP contribution < -0.4 is 10.3 Å². The number of allylic oxidation sites excluding steroid dienone is 5. The summed E-state index contributed by atoms with van der Waals surface area (Å²) in [6.45, 7) is 1.74. The predicted octanol–water partition coefficient (Wildman–Crippen LogP) is 4.31. The van der Waals surface area contributed by atoms with Gasteiger partial charge in [0.1, 0.15) is 11.9 Å². The van der Waals surface area contributed by atoms with Crippen LogP contribution in [0.5, 0.6) is 0 Å². The maximum Gasteiger partial charge on any atom is 0.266 e. The first-order chi connectivity index (χ1) is 17.8. The summed E-state index contributed by atoms with van der Waals surface area (Å²) in [6.07, 6.45) is 8.61. The van der Waals surface area contributed by atoms with Crippen molar-refractivity contribution in [3.05, 3.63) is 71.1 Å². The zero-order valence-electron chi connectivity index (χ0n) is 20.3. The Hall–Kier alpha value is -3.53. The highest BCUT2D eigenvalue weighted by Gasteiger charge is 2.53. The molecule has 0 bridgehead atoms. The van der Waals surface area contributed by atoms with E-state index in [4.69, 9.17) is 0 Å². The minimum Gasteiger partial charge on any atom is -0.365 e. The Kier molecular flexibility index (Phi) is 4.89. The summed E-state index contributed by atoms with van der Waals surface area (Å²) < 4.78 is 43.8. The number of hydrogen-bond donors (Lipinski definition) is 2. The molecule has 192 valence electrons. The van der Waals surface area contributed by atoms with E-state index in [0.717, 1.165) is 35.1 Å². The first-order valence-electron chi connectivity index (χ1n) is 12.7. The number of H-pyrrole nitrogens is 1. The number of rotatable bonds is 4. The van der Waals surface area contributed by atoms with Crippen LogP contribution in [0.25, 0.3) is 11.0 Å². The van der Waals surface area contributed by atoms with Crippen molar-refractivity contribution in [3.8, 4) is 0 Å². The van der Waals surface area contributed by atoms with Crippen molar-refractivity contribution in [2.75, 3.05) is 18.0 Å². The Morgan fingerprint density at radius 2 is 2.05 bits per heavy atom. The molecule has 1 amide bonds. The maximum absolute atomic E-state index is 16.1. The Balaban J connectivity index is 1.34. The summed E-state index contributed by atoms with van der Waals surface area (Å²) >= 11 is 0. The van der Waals surface area contributed by atoms with Crippen molar-refractivity contribution in [3.63, 3.8) is 0 Å². The van der Waals surface area contributed by atoms with Crippen molar-refractivity contribution in [1.82, 2.24) is 25.3 Å². The van der Waals surface area contributed by atoms with E-state index in [1.165, 1.54) is 11.0 Å². The van der Waals surface area contributed by atoms with Crippen molar-refractivity contribution < 1.29 is 18.0 Å². The highest BCUT2D eigenvalue weighted by Crippen LogP contribution is 2.45. The van der Waals surface area contributed by atoms with Crippen LogP contribution >= 0.6 is 0 Å². The molecule has 7 rings (SSSR count). The minimum absolute atomic E-state index is 0.140. The number of aromatic nitrogens is 2. The van der Waals surface area contributed by atoms with Gasteiger partial charge in [-0.3, -0.25) is 9.69 Å². The molecule has 10 heteroatoms. The van der Waals surface area contributed by atoms with Gasteiger partial charge in [0.15, 0.2) is 0 Å². The number of carbonyl (C=O) groups is 1. The van der Waals surface area contributed by atoms with Gasteiger partial charge in [-0.25, -0.2) is 23.6 Å². The Labute approximate surface area is 212 Å². The number of likely N-dealkylation sites (tertiary alicyclic amines) is 1. The molecule has 2 aliphatic carbocycles. The maximum atomic E-state index is 16.1. The van der Waals surface area contributed by atoms with Gasteiger partial charge < -0.3 is 14.9 Å². The molecule has 4 heterocycles. The van der Waals surface area contributed by atoms with E-state index in [2.05, 4.69) is 20.4 Å². The summed E-state index contributed by atoms with van der Waals surface area (Å²) in [5.41, 5.74) is 8.29. The van der Waals surface area contributed by atoms with Gasteiger partial charge in [0.05, 0.1) is 29.9 Å². The molecule has 37 heavy (non-hydrogen) atoms. The Morgan fingerprint density at radius 3 is 2.81 bits per heavy atom. The number of anilines is 1. The van der Waals surface area contributed by atoms with Crippen LogP contribution in [0, 0.1) is 0 Å². The molecule has 1 aromatic carbocycles. The zero-order chi connectivity index (χ0) is 25.5. The van der Waals surface area contributed by atoms with Gasteiger partial charge in [-0.2, -0.15) is 0 Å². The van der Waals surface area contributed by atoms with Gasteiger partial charge in [0.25, 0.3) is 11.8 Å². The number of halogens is 3. The van der Waals surface area contributed by atoms with Crippen LogP contribution in [-0.2, 0) is 4.79 Å². The van der Waals surface area contributed by atoms with Gasteiger partial charge in [0.2, 0.25) is 0 Å². The number of fused-ring (bicyclic) bond motifs is 2. The third kappa shape index (κ3) is 3.60. The molecular formula is C27H27F3N6O. The topological polar surface area (TPSA) is 67.5 Å². The number of aromatic amines is 1. The third-order valence-corrected chi connectivity index (χ3v) is 8.06. The second kappa shape index (κ2) is 7.98. The average molecular weight is 509 g/mol. The lowest BCUT2D eigenvalue weighted by molar-refractivity contribution is -0.119. The quantitative estimate of drug-likeness (QED) is 0.645. The van der Waals surface area contributed by atoms with Crippen LogP contribution in [0.3, 0.4) is 0 Å². The number of amides is 1. The van der Waals surface area contributed by atoms with Crippen molar-refractivity contribution in [2.24, 2.45) is 0 Å². The van der Waals surface area contributed by atoms with Gasteiger partial charge in [0, 0.05) is 41.7 Å². The zero-order valence-corrected chi connectivity index (χ0v) is 20.3. The van der Waals surface area contributed by atoms with E-state index in [-0.39, 0.29) is 25.3 Å². The molecule has 0 spiro atoms. The van der Waals surface area contributed by atoms with Crippen LogP contribution in [-0.4, -0.2) is 62.9 Å². The van der Waals surface area contributed by atoms with Crippen molar-refractivity contribution in [2.45, 2.75) is 56.7 Å². The molecule has 1 saturated carbocycles. The number of hydrogen-bond acceptors (Lipinski definition) is 5. The number of nitrogens with one attached hydrogen (secondary N) is 2. The lowest BCUT2D eigenvalue weighted by atomic mass is 9.93. The normalized spacial score (nSPS) is 27.6. The second-order valence-corrected chi connectivity index (χ2v) is 10.5. The first-order valence-corrected chi connectivity index (χ1v) is 12.7. The highest BCUT2D eigenvalue weighted by molar-refractivity contribution is 6.06. The van der Waals surface area contributed by atoms with E-state index in [1.54, 1.807) is 17.3 Å². The van der Waals surface area contributed by atoms with Crippen molar-refractivity contribution in [1.29, 1.82) is 0 Å². The van der Waals surface area contributed by atoms with Crippen LogP contribution in [0.1, 0.15) is 32.6 Å². The van der Waals surface area contributed by atoms with Gasteiger partial charge >= 0.3 is 0 Å². The third-order valence-electron chi connectivity index (χ3n) is 8.06. The summed E-state index contributed by atoms with van der Waals surface area (Å²) in [6, 6.07) is 4.68. The molecule has 0 radical (unpaired) electrons. The van der Waals surface area contributed by atoms with Gasteiger partial charge in [-0.05, 0) is 62.1 Å². The molecule has 7 nitrogen and oxygen atoms in total. The largest absolute Gasteiger partial charge is 0.365 e. The van der Waals surface area contributed by atoms with Crippen LogP contribution in [0.4, 0.5) is 18.9 Å².